The molecule has 1 atom stereocenters. The lowest BCUT2D eigenvalue weighted by Gasteiger charge is -2.18. The molecule has 0 N–H and O–H groups in total. The molecule has 0 amide bonds. The lowest BCUT2D eigenvalue weighted by molar-refractivity contribution is -0.167. The van der Waals surface area contributed by atoms with Crippen LogP contribution in [0, 0.1) is 0 Å². The average molecular weight is 663 g/mol. The molecule has 1 unspecified atom stereocenters. The van der Waals surface area contributed by atoms with Crippen LogP contribution in [0.15, 0.2) is 24.8 Å². The Balaban J connectivity index is 4.28. The molecule has 0 bridgehead atoms. The van der Waals surface area contributed by atoms with E-state index in [-0.39, 0.29) is 31.1 Å². The molecule has 0 spiro atoms. The molecule has 0 aromatic carbocycles. The van der Waals surface area contributed by atoms with Crippen molar-refractivity contribution in [2.75, 3.05) is 13.2 Å². The maximum Gasteiger partial charge on any atom is 0.306 e. The van der Waals surface area contributed by atoms with Crippen LogP contribution in [0.5, 0.6) is 0 Å². The number of allylic oxidation sites excluding steroid dienone is 3. The summed E-state index contributed by atoms with van der Waals surface area (Å²) in [6.45, 7) is 7.99. The highest BCUT2D eigenvalue weighted by Gasteiger charge is 2.19. The van der Waals surface area contributed by atoms with Gasteiger partial charge < -0.3 is 14.2 Å². The summed E-state index contributed by atoms with van der Waals surface area (Å²) in [4.78, 5) is 37.3. The van der Waals surface area contributed by atoms with E-state index in [1.165, 1.54) is 77.0 Å². The van der Waals surface area contributed by atoms with Crippen LogP contribution in [0.3, 0.4) is 0 Å². The van der Waals surface area contributed by atoms with Crippen molar-refractivity contribution in [2.24, 2.45) is 0 Å². The molecule has 47 heavy (non-hydrogen) atoms. The van der Waals surface area contributed by atoms with Crippen molar-refractivity contribution < 1.29 is 28.6 Å². The first kappa shape index (κ1) is 44.9. The van der Waals surface area contributed by atoms with E-state index < -0.39 is 6.10 Å². The third kappa shape index (κ3) is 35.0. The Morgan fingerprint density at radius 2 is 0.872 bits per heavy atom. The van der Waals surface area contributed by atoms with E-state index >= 15 is 0 Å². The van der Waals surface area contributed by atoms with Crippen molar-refractivity contribution in [1.82, 2.24) is 0 Å². The monoisotopic (exact) mass is 663 g/mol. The van der Waals surface area contributed by atoms with E-state index in [1.807, 2.05) is 6.08 Å². The highest BCUT2D eigenvalue weighted by Crippen LogP contribution is 2.14. The first-order valence-corrected chi connectivity index (χ1v) is 19.8. The minimum absolute atomic E-state index is 0.0790. The zero-order valence-electron chi connectivity index (χ0n) is 30.9. The summed E-state index contributed by atoms with van der Waals surface area (Å²) >= 11 is 0. The van der Waals surface area contributed by atoms with Crippen molar-refractivity contribution in [3.05, 3.63) is 24.8 Å². The van der Waals surface area contributed by atoms with Crippen LogP contribution in [0.4, 0.5) is 0 Å². The van der Waals surface area contributed by atoms with Crippen LogP contribution in [0.2, 0.25) is 0 Å². The van der Waals surface area contributed by atoms with Gasteiger partial charge in [-0.25, -0.2) is 0 Å². The molecular weight excluding hydrogens is 588 g/mol. The Labute approximate surface area is 290 Å². The van der Waals surface area contributed by atoms with Gasteiger partial charge in [0, 0.05) is 19.3 Å². The highest BCUT2D eigenvalue weighted by molar-refractivity contribution is 5.71. The third-order valence-corrected chi connectivity index (χ3v) is 8.59. The predicted molar refractivity (Wildman–Crippen MR) is 196 cm³/mol. The molecule has 0 saturated carbocycles. The molecular formula is C41H74O6. The number of hydrogen-bond donors (Lipinski definition) is 0. The van der Waals surface area contributed by atoms with Crippen molar-refractivity contribution in [2.45, 2.75) is 206 Å². The summed E-state index contributed by atoms with van der Waals surface area (Å²) in [7, 11) is 0. The average Bonchev–Trinajstić information content (AvgIpc) is 3.06. The summed E-state index contributed by atoms with van der Waals surface area (Å²) in [5.41, 5.74) is 0. The largest absolute Gasteiger partial charge is 0.462 e. The summed E-state index contributed by atoms with van der Waals surface area (Å²) in [6, 6.07) is 0. The van der Waals surface area contributed by atoms with Gasteiger partial charge in [0.05, 0.1) is 0 Å². The lowest BCUT2D eigenvalue weighted by Crippen LogP contribution is -2.30. The first-order valence-electron chi connectivity index (χ1n) is 19.8. The van der Waals surface area contributed by atoms with Crippen molar-refractivity contribution in [3.63, 3.8) is 0 Å². The number of hydrogen-bond acceptors (Lipinski definition) is 6. The van der Waals surface area contributed by atoms with Crippen LogP contribution in [-0.2, 0) is 28.6 Å². The van der Waals surface area contributed by atoms with Gasteiger partial charge in [0.15, 0.2) is 6.10 Å². The Bertz CT molecular complexity index is 761. The molecule has 0 saturated heterocycles. The van der Waals surface area contributed by atoms with Gasteiger partial charge >= 0.3 is 17.9 Å². The Hall–Kier alpha value is -2.11. The van der Waals surface area contributed by atoms with Crippen LogP contribution in [0.1, 0.15) is 200 Å². The van der Waals surface area contributed by atoms with Crippen molar-refractivity contribution in [1.29, 1.82) is 0 Å². The first-order chi connectivity index (χ1) is 23.0. The zero-order chi connectivity index (χ0) is 34.5. The summed E-state index contributed by atoms with van der Waals surface area (Å²) in [6.07, 6.45) is 36.4. The fourth-order valence-corrected chi connectivity index (χ4v) is 5.60. The van der Waals surface area contributed by atoms with Gasteiger partial charge in [-0.05, 0) is 51.4 Å². The number of carbonyl (C=O) groups excluding carboxylic acids is 3. The van der Waals surface area contributed by atoms with Crippen molar-refractivity contribution >= 4 is 17.9 Å². The maximum atomic E-state index is 12.5. The summed E-state index contributed by atoms with van der Waals surface area (Å²) < 4.78 is 16.5. The van der Waals surface area contributed by atoms with E-state index in [0.29, 0.717) is 19.3 Å². The van der Waals surface area contributed by atoms with Gasteiger partial charge in [0.2, 0.25) is 0 Å². The minimum atomic E-state index is -0.772. The van der Waals surface area contributed by atoms with Gasteiger partial charge in [-0.1, -0.05) is 148 Å². The van der Waals surface area contributed by atoms with Gasteiger partial charge in [-0.15, -0.1) is 6.58 Å². The molecule has 0 heterocycles. The van der Waals surface area contributed by atoms with E-state index in [9.17, 15) is 14.4 Å². The molecule has 0 rings (SSSR count). The summed E-state index contributed by atoms with van der Waals surface area (Å²) in [5.74, 6) is -0.918. The molecule has 274 valence electrons. The number of unbranched alkanes of at least 4 members (excludes halogenated alkanes) is 22. The number of ether oxygens (including phenoxy) is 3. The van der Waals surface area contributed by atoms with Crippen molar-refractivity contribution in [3.8, 4) is 0 Å². The molecule has 0 radical (unpaired) electrons. The second-order valence-corrected chi connectivity index (χ2v) is 13.3. The normalized spacial score (nSPS) is 11.9. The van der Waals surface area contributed by atoms with Crippen LogP contribution in [-0.4, -0.2) is 37.2 Å². The fourth-order valence-electron chi connectivity index (χ4n) is 5.60. The topological polar surface area (TPSA) is 78.9 Å². The second kappa shape index (κ2) is 36.7. The van der Waals surface area contributed by atoms with E-state index in [4.69, 9.17) is 14.2 Å². The number of carbonyl (C=O) groups is 3. The van der Waals surface area contributed by atoms with Gasteiger partial charge in [0.25, 0.3) is 0 Å². The molecule has 0 aliphatic carbocycles. The van der Waals surface area contributed by atoms with E-state index in [2.05, 4.69) is 32.6 Å². The van der Waals surface area contributed by atoms with Gasteiger partial charge in [0.1, 0.15) is 13.2 Å². The molecule has 6 nitrogen and oxygen atoms in total. The SMILES string of the molecule is C=CCCCCCCCC(=O)OC(COC(=O)CCCCCCC/C=C\CC)COC(=O)CCCCCCCCCCCCCCC. The molecule has 0 fully saturated rings. The summed E-state index contributed by atoms with van der Waals surface area (Å²) in [5, 5.41) is 0. The standard InChI is InChI=1S/C41H74O6/c1-4-7-10-13-16-18-19-20-21-23-26-28-31-34-40(43)46-37-38(47-41(44)35-32-29-24-15-12-9-6-3)36-45-39(42)33-30-27-25-22-17-14-11-8-5-2/h6,8,11,38H,3-5,7,9-10,12-37H2,1-2H3/b11-8-. The van der Waals surface area contributed by atoms with Crippen LogP contribution < -0.4 is 0 Å². The molecule has 0 aliphatic heterocycles. The zero-order valence-corrected chi connectivity index (χ0v) is 30.9. The molecule has 0 aliphatic rings. The third-order valence-electron chi connectivity index (χ3n) is 8.59. The minimum Gasteiger partial charge on any atom is -0.462 e. The number of esters is 3. The smallest absolute Gasteiger partial charge is 0.306 e. The number of rotatable bonds is 36. The fraction of sp³-hybridized carbons (Fsp3) is 0.829. The predicted octanol–water partition coefficient (Wildman–Crippen LogP) is 12.1. The Kier molecular flexibility index (Phi) is 35.1. The maximum absolute atomic E-state index is 12.5. The second-order valence-electron chi connectivity index (χ2n) is 13.3. The van der Waals surface area contributed by atoms with E-state index in [0.717, 1.165) is 89.9 Å². The van der Waals surface area contributed by atoms with Gasteiger partial charge in [-0.2, -0.15) is 0 Å². The highest BCUT2D eigenvalue weighted by atomic mass is 16.6. The lowest BCUT2D eigenvalue weighted by atomic mass is 10.0. The molecule has 6 heteroatoms. The van der Waals surface area contributed by atoms with Crippen LogP contribution in [0.25, 0.3) is 0 Å². The van der Waals surface area contributed by atoms with E-state index in [1.54, 1.807) is 0 Å². The Morgan fingerprint density at radius 3 is 1.30 bits per heavy atom. The van der Waals surface area contributed by atoms with Crippen LogP contribution >= 0.6 is 0 Å². The van der Waals surface area contributed by atoms with Gasteiger partial charge in [-0.3, -0.25) is 14.4 Å². The molecule has 0 aromatic rings. The Morgan fingerprint density at radius 1 is 0.489 bits per heavy atom. The molecule has 0 aromatic heterocycles. The quantitative estimate of drug-likeness (QED) is 0.0287.